The van der Waals surface area contributed by atoms with Crippen LogP contribution in [0.15, 0.2) is 60.0 Å². The number of halogens is 6. The fourth-order valence-electron chi connectivity index (χ4n) is 4.87. The number of benzene rings is 1. The summed E-state index contributed by atoms with van der Waals surface area (Å²) in [6.07, 6.45) is -4.65. The van der Waals surface area contributed by atoms with Crippen LogP contribution in [0.5, 0.6) is 5.75 Å². The van der Waals surface area contributed by atoms with Crippen molar-refractivity contribution in [2.75, 3.05) is 44.8 Å². The van der Waals surface area contributed by atoms with Crippen molar-refractivity contribution < 1.29 is 40.6 Å². The molecule has 1 fully saturated rings. The molecule has 1 aromatic carbocycles. The van der Waals surface area contributed by atoms with Crippen LogP contribution in [0.25, 0.3) is 10.9 Å². The number of nitrogens with zero attached hydrogens (tertiary/aromatic N) is 8. The Balaban J connectivity index is 1.20. The normalized spacial score (nSPS) is 15.0. The molecule has 1 amide bonds. The van der Waals surface area contributed by atoms with Crippen molar-refractivity contribution in [1.82, 2.24) is 34.4 Å². The summed E-state index contributed by atoms with van der Waals surface area (Å²) in [6.45, 7) is 2.33. The van der Waals surface area contributed by atoms with Gasteiger partial charge in [0.1, 0.15) is 17.7 Å². The van der Waals surface area contributed by atoms with Gasteiger partial charge < -0.3 is 19.3 Å². The standard InChI is InChI=1S/C29H28F6N8O4/c1-18(17-47-12-7-23(44)40-8-10-41(11-9-40)27-36-13-20(14-37-27)28(30,31)32)43-22-15-38-42(16-19-3-5-21(46-2)6-4-19)26(45)24(22)25(39-43)29(33,34)35/h3-7,12-15,18H,8-11,16-17H2,1-2H3. The Hall–Kier alpha value is -5.16. The number of anilines is 1. The lowest BCUT2D eigenvalue weighted by atomic mass is 10.2. The molecule has 1 aliphatic rings. The van der Waals surface area contributed by atoms with E-state index in [-0.39, 0.29) is 50.8 Å². The first kappa shape index (κ1) is 33.2. The van der Waals surface area contributed by atoms with Gasteiger partial charge in [0.05, 0.1) is 43.2 Å². The van der Waals surface area contributed by atoms with Gasteiger partial charge in [-0.3, -0.25) is 14.3 Å². The van der Waals surface area contributed by atoms with E-state index in [4.69, 9.17) is 9.47 Å². The lowest BCUT2D eigenvalue weighted by Crippen LogP contribution is -2.48. The number of piperazine rings is 1. The molecule has 12 nitrogen and oxygen atoms in total. The molecule has 0 spiro atoms. The summed E-state index contributed by atoms with van der Waals surface area (Å²) in [4.78, 5) is 36.5. The highest BCUT2D eigenvalue weighted by molar-refractivity contribution is 5.87. The largest absolute Gasteiger partial charge is 0.499 e. The monoisotopic (exact) mass is 666 g/mol. The number of aromatic nitrogens is 6. The molecule has 1 aliphatic heterocycles. The second-order valence-corrected chi connectivity index (χ2v) is 10.6. The van der Waals surface area contributed by atoms with E-state index >= 15 is 0 Å². The Labute approximate surface area is 262 Å². The number of fused-ring (bicyclic) bond motifs is 1. The Bertz CT molecular complexity index is 1800. The van der Waals surface area contributed by atoms with E-state index in [0.717, 1.165) is 27.9 Å². The second-order valence-electron chi connectivity index (χ2n) is 10.6. The molecule has 0 radical (unpaired) electrons. The van der Waals surface area contributed by atoms with Gasteiger partial charge in [0.2, 0.25) is 11.9 Å². The van der Waals surface area contributed by atoms with Crippen molar-refractivity contribution in [2.24, 2.45) is 0 Å². The third-order valence-corrected chi connectivity index (χ3v) is 7.38. The Kier molecular flexibility index (Phi) is 9.39. The van der Waals surface area contributed by atoms with Gasteiger partial charge >= 0.3 is 12.4 Å². The number of ether oxygens (including phenoxy) is 2. The van der Waals surface area contributed by atoms with Crippen LogP contribution in [0.2, 0.25) is 0 Å². The van der Waals surface area contributed by atoms with Crippen molar-refractivity contribution in [3.8, 4) is 5.75 Å². The number of carbonyl (C=O) groups excluding carboxylic acids is 1. The lowest BCUT2D eigenvalue weighted by Gasteiger charge is -2.34. The minimum absolute atomic E-state index is 0.0728. The maximum atomic E-state index is 14.0. The first-order chi connectivity index (χ1) is 22.3. The zero-order chi connectivity index (χ0) is 33.9. The SMILES string of the molecule is COc1ccc(Cn2ncc3c(c(C(F)(F)F)nn3C(C)COC=CC(=O)N3CCN(c4ncc(C(F)(F)F)cn4)CC3)c2=O)cc1. The summed E-state index contributed by atoms with van der Waals surface area (Å²) in [7, 11) is 1.49. The van der Waals surface area contributed by atoms with E-state index in [1.54, 1.807) is 29.2 Å². The average Bonchev–Trinajstić information content (AvgIpc) is 3.46. The molecule has 1 saturated heterocycles. The number of rotatable bonds is 9. The van der Waals surface area contributed by atoms with Gasteiger partial charge in [0, 0.05) is 44.6 Å². The van der Waals surface area contributed by atoms with Gasteiger partial charge in [0.15, 0.2) is 5.69 Å². The fourth-order valence-corrected chi connectivity index (χ4v) is 4.87. The minimum atomic E-state index is -4.92. The summed E-state index contributed by atoms with van der Waals surface area (Å²) in [6, 6.07) is 5.86. The highest BCUT2D eigenvalue weighted by Crippen LogP contribution is 2.33. The van der Waals surface area contributed by atoms with E-state index in [1.807, 2.05) is 0 Å². The maximum Gasteiger partial charge on any atom is 0.435 e. The van der Waals surface area contributed by atoms with E-state index in [2.05, 4.69) is 20.2 Å². The molecule has 18 heteroatoms. The number of hydrogen-bond donors (Lipinski definition) is 0. The summed E-state index contributed by atoms with van der Waals surface area (Å²) < 4.78 is 92.7. The highest BCUT2D eigenvalue weighted by atomic mass is 19.4. The molecule has 0 aliphatic carbocycles. The van der Waals surface area contributed by atoms with Crippen molar-refractivity contribution in [3.63, 3.8) is 0 Å². The van der Waals surface area contributed by atoms with Crippen molar-refractivity contribution in [2.45, 2.75) is 31.9 Å². The maximum absolute atomic E-state index is 14.0. The highest BCUT2D eigenvalue weighted by Gasteiger charge is 2.39. The van der Waals surface area contributed by atoms with Gasteiger partial charge in [-0.25, -0.2) is 14.6 Å². The third kappa shape index (κ3) is 7.47. The van der Waals surface area contributed by atoms with Crippen molar-refractivity contribution in [3.05, 3.63) is 82.4 Å². The Morgan fingerprint density at radius 1 is 0.979 bits per heavy atom. The predicted molar refractivity (Wildman–Crippen MR) is 155 cm³/mol. The van der Waals surface area contributed by atoms with E-state index in [1.165, 1.54) is 18.9 Å². The zero-order valence-electron chi connectivity index (χ0n) is 25.0. The second kappa shape index (κ2) is 13.3. The molecule has 0 bridgehead atoms. The molecule has 1 atom stereocenters. The van der Waals surface area contributed by atoms with Gasteiger partial charge in [-0.15, -0.1) is 0 Å². The molecule has 250 valence electrons. The molecule has 5 rings (SSSR count). The first-order valence-corrected chi connectivity index (χ1v) is 14.2. The summed E-state index contributed by atoms with van der Waals surface area (Å²) in [5.74, 6) is 0.286. The zero-order valence-corrected chi connectivity index (χ0v) is 25.0. The molecular formula is C29H28F6N8O4. The molecule has 1 unspecified atom stereocenters. The summed E-state index contributed by atoms with van der Waals surface area (Å²) in [5, 5.41) is 7.15. The van der Waals surface area contributed by atoms with Crippen LogP contribution in [0.1, 0.15) is 29.8 Å². The number of carbonyl (C=O) groups is 1. The topological polar surface area (TPSA) is 120 Å². The van der Waals surface area contributed by atoms with E-state index in [0.29, 0.717) is 23.7 Å². The minimum Gasteiger partial charge on any atom is -0.499 e. The Morgan fingerprint density at radius 3 is 2.23 bits per heavy atom. The van der Waals surface area contributed by atoms with Crippen LogP contribution in [-0.4, -0.2) is 80.2 Å². The molecule has 4 aromatic rings. The third-order valence-electron chi connectivity index (χ3n) is 7.38. The van der Waals surface area contributed by atoms with Crippen LogP contribution in [0.3, 0.4) is 0 Å². The molecule has 4 heterocycles. The van der Waals surface area contributed by atoms with Gasteiger partial charge in [-0.2, -0.15) is 36.5 Å². The van der Waals surface area contributed by atoms with Gasteiger partial charge in [0.25, 0.3) is 5.56 Å². The first-order valence-electron chi connectivity index (χ1n) is 14.2. The van der Waals surface area contributed by atoms with Crippen molar-refractivity contribution >= 4 is 22.8 Å². The molecular weight excluding hydrogens is 638 g/mol. The van der Waals surface area contributed by atoms with E-state index < -0.39 is 46.5 Å². The smallest absolute Gasteiger partial charge is 0.435 e. The quantitative estimate of drug-likeness (QED) is 0.149. The molecule has 0 N–H and O–H groups in total. The van der Waals surface area contributed by atoms with Crippen LogP contribution in [0, 0.1) is 0 Å². The predicted octanol–water partition coefficient (Wildman–Crippen LogP) is 3.92. The van der Waals surface area contributed by atoms with Crippen LogP contribution >= 0.6 is 0 Å². The molecule has 47 heavy (non-hydrogen) atoms. The average molecular weight is 667 g/mol. The summed E-state index contributed by atoms with van der Waals surface area (Å²) in [5.41, 5.74) is -2.77. The van der Waals surface area contributed by atoms with Crippen molar-refractivity contribution in [1.29, 1.82) is 0 Å². The fraction of sp³-hybridized carbons (Fsp3) is 0.379. The number of amides is 1. The lowest BCUT2D eigenvalue weighted by molar-refractivity contribution is -0.140. The molecule has 0 saturated carbocycles. The van der Waals surface area contributed by atoms with Crippen LogP contribution < -0.4 is 15.2 Å². The van der Waals surface area contributed by atoms with Crippen LogP contribution in [0.4, 0.5) is 32.3 Å². The van der Waals surface area contributed by atoms with Gasteiger partial charge in [-0.05, 0) is 24.6 Å². The Morgan fingerprint density at radius 2 is 1.64 bits per heavy atom. The van der Waals surface area contributed by atoms with Crippen LogP contribution in [-0.2, 0) is 28.4 Å². The summed E-state index contributed by atoms with van der Waals surface area (Å²) >= 11 is 0. The number of hydrogen-bond acceptors (Lipinski definition) is 9. The van der Waals surface area contributed by atoms with E-state index in [9.17, 15) is 35.9 Å². The number of methoxy groups -OCH3 is 1. The number of alkyl halides is 6. The molecule has 3 aromatic heterocycles. The van der Waals surface area contributed by atoms with Gasteiger partial charge in [-0.1, -0.05) is 12.1 Å².